The van der Waals surface area contributed by atoms with Crippen LogP contribution in [-0.4, -0.2) is 0 Å². The molecule has 0 radical (unpaired) electrons. The van der Waals surface area contributed by atoms with Crippen molar-refractivity contribution in [2.24, 2.45) is 0 Å². The summed E-state index contributed by atoms with van der Waals surface area (Å²) in [5, 5.41) is 0. The summed E-state index contributed by atoms with van der Waals surface area (Å²) in [4.78, 5) is 0. The molecule has 0 saturated carbocycles. The summed E-state index contributed by atoms with van der Waals surface area (Å²) in [6.07, 6.45) is 97.3. The number of aromatic nitrogens is 2. The minimum absolute atomic E-state index is 0. The number of aryl methyl sites for hydroxylation is 2. The van der Waals surface area contributed by atoms with Gasteiger partial charge in [0.1, 0.15) is 0 Å². The zero-order chi connectivity index (χ0) is 57.7. The van der Waals surface area contributed by atoms with Crippen molar-refractivity contribution in [3.8, 4) is 0 Å². The SMILES string of the molecule is CCCCCCCCCCCCCCCCC(CCCCCCCCCCCCCCCC)c1cc[n+](CCC[n+]2ccc(C(CCCCCCCCCCCCCCCC)CCCCCCCCCCCCCCCC)cc2)cc1.[Cl-].[Cl-]. The first-order chi connectivity index (χ1) is 40.2. The second-order valence-corrected chi connectivity index (χ2v) is 27.0. The maximum Gasteiger partial charge on any atom is 0.169 e. The van der Waals surface area contributed by atoms with Crippen molar-refractivity contribution in [3.05, 3.63) is 60.2 Å². The third-order valence-corrected chi connectivity index (χ3v) is 19.2. The number of nitrogens with zero attached hydrogens (tertiary/aromatic N) is 2. The highest BCUT2D eigenvalue weighted by Gasteiger charge is 2.16. The predicted octanol–water partition coefficient (Wildman–Crippen LogP) is 21.0. The van der Waals surface area contributed by atoms with E-state index in [2.05, 4.69) is 85.9 Å². The summed E-state index contributed by atoms with van der Waals surface area (Å²) in [6.45, 7) is 11.5. The van der Waals surface area contributed by atoms with E-state index in [1.165, 1.54) is 392 Å². The minimum Gasteiger partial charge on any atom is -1.00 e. The first kappa shape index (κ1) is 81.9. The molecule has 0 aliphatic heterocycles. The van der Waals surface area contributed by atoms with Crippen molar-refractivity contribution in [1.29, 1.82) is 0 Å². The zero-order valence-electron chi connectivity index (χ0n) is 57.0. The van der Waals surface area contributed by atoms with Gasteiger partial charge in [-0.15, -0.1) is 0 Å². The smallest absolute Gasteiger partial charge is 0.169 e. The summed E-state index contributed by atoms with van der Waals surface area (Å²) < 4.78 is 4.94. The van der Waals surface area contributed by atoms with Gasteiger partial charge in [0.25, 0.3) is 0 Å². The summed E-state index contributed by atoms with van der Waals surface area (Å²) in [5.74, 6) is 1.46. The Hall–Kier alpha value is -1.12. The fourth-order valence-electron chi connectivity index (χ4n) is 13.5. The third kappa shape index (κ3) is 53.6. The lowest BCUT2D eigenvalue weighted by Crippen LogP contribution is -3.00. The van der Waals surface area contributed by atoms with Crippen LogP contribution in [0.15, 0.2) is 49.1 Å². The molecular weight excluding hydrogens is 1050 g/mol. The van der Waals surface area contributed by atoms with E-state index in [1.54, 1.807) is 11.1 Å². The van der Waals surface area contributed by atoms with Crippen LogP contribution in [0.4, 0.5) is 0 Å². The number of halogens is 2. The molecule has 0 N–H and O–H groups in total. The van der Waals surface area contributed by atoms with Crippen LogP contribution in [-0.2, 0) is 13.1 Å². The fraction of sp³-hybridized carbons (Fsp3) is 0.873. The number of pyridine rings is 2. The Morgan fingerprint density at radius 3 is 0.506 bits per heavy atom. The minimum atomic E-state index is 0. The first-order valence-electron chi connectivity index (χ1n) is 38.2. The highest BCUT2D eigenvalue weighted by atomic mass is 35.5. The second kappa shape index (κ2) is 66.8. The highest BCUT2D eigenvalue weighted by molar-refractivity contribution is 5.14. The van der Waals surface area contributed by atoms with Gasteiger partial charge in [-0.1, -0.05) is 387 Å². The Morgan fingerprint density at radius 2 is 0.349 bits per heavy atom. The van der Waals surface area contributed by atoms with Crippen LogP contribution in [0.25, 0.3) is 0 Å². The summed E-state index contributed by atoms with van der Waals surface area (Å²) in [7, 11) is 0. The van der Waals surface area contributed by atoms with Gasteiger partial charge in [0.15, 0.2) is 37.9 Å². The van der Waals surface area contributed by atoms with Crippen molar-refractivity contribution in [1.82, 2.24) is 0 Å². The molecule has 2 heterocycles. The Morgan fingerprint density at radius 1 is 0.205 bits per heavy atom. The van der Waals surface area contributed by atoms with Crippen LogP contribution in [0, 0.1) is 0 Å². The Labute approximate surface area is 535 Å². The molecule has 0 fully saturated rings. The monoisotopic (exact) mass is 1200 g/mol. The van der Waals surface area contributed by atoms with E-state index in [0.29, 0.717) is 0 Å². The van der Waals surface area contributed by atoms with Crippen molar-refractivity contribution in [3.63, 3.8) is 0 Å². The molecule has 83 heavy (non-hydrogen) atoms. The fourth-order valence-corrected chi connectivity index (χ4v) is 13.5. The first-order valence-corrected chi connectivity index (χ1v) is 38.2. The molecule has 0 spiro atoms. The van der Waals surface area contributed by atoms with Gasteiger partial charge in [-0.3, -0.25) is 0 Å². The van der Waals surface area contributed by atoms with Crippen LogP contribution in [0.3, 0.4) is 0 Å². The summed E-state index contributed by atoms with van der Waals surface area (Å²) in [6, 6.07) is 10.0. The van der Waals surface area contributed by atoms with E-state index in [0.717, 1.165) is 24.9 Å². The van der Waals surface area contributed by atoms with Crippen LogP contribution in [0.1, 0.15) is 442 Å². The Balaban J connectivity index is 0.0000336. The van der Waals surface area contributed by atoms with Gasteiger partial charge in [0.2, 0.25) is 0 Å². The Kier molecular flexibility index (Phi) is 65.9. The standard InChI is InChI=1S/C79H148N2.2ClH/c1-5-9-13-17-21-25-29-33-37-41-45-49-53-57-62-76(63-58-54-50-46-42-38-34-30-26-22-18-14-10-6-2)78-66-72-80(73-67-78)70-61-71-81-74-68-79(69-75-81)77(64-59-55-51-47-43-39-35-31-27-23-19-15-11-7-3)65-60-56-52-48-44-40-36-32-28-24-20-16-12-8-4;;/h66-69,72-77H,5-65,70-71H2,1-4H3;2*1H/q+2;;/p-2. The lowest BCUT2D eigenvalue weighted by atomic mass is 9.88. The van der Waals surface area contributed by atoms with E-state index in [1.807, 2.05) is 0 Å². The third-order valence-electron chi connectivity index (χ3n) is 19.2. The molecule has 0 saturated heterocycles. The summed E-state index contributed by atoms with van der Waals surface area (Å²) in [5.41, 5.74) is 3.22. The van der Waals surface area contributed by atoms with Crippen LogP contribution in [0.5, 0.6) is 0 Å². The number of hydrogen-bond acceptors (Lipinski definition) is 0. The van der Waals surface area contributed by atoms with Gasteiger partial charge in [0.05, 0.1) is 6.42 Å². The highest BCUT2D eigenvalue weighted by Crippen LogP contribution is 2.30. The maximum atomic E-state index is 2.51. The molecule has 0 aliphatic carbocycles. The van der Waals surface area contributed by atoms with Gasteiger partial charge in [-0.2, -0.15) is 0 Å². The van der Waals surface area contributed by atoms with E-state index in [-0.39, 0.29) is 24.8 Å². The second-order valence-electron chi connectivity index (χ2n) is 27.0. The number of unbranched alkanes of at least 4 members (excludes halogenated alkanes) is 52. The van der Waals surface area contributed by atoms with Crippen molar-refractivity contribution >= 4 is 0 Å². The van der Waals surface area contributed by atoms with E-state index < -0.39 is 0 Å². The molecule has 0 aromatic carbocycles. The van der Waals surface area contributed by atoms with Gasteiger partial charge < -0.3 is 24.8 Å². The van der Waals surface area contributed by atoms with Gasteiger partial charge >= 0.3 is 0 Å². The van der Waals surface area contributed by atoms with Crippen molar-refractivity contribution in [2.75, 3.05) is 0 Å². The number of rotatable bonds is 66. The Bertz CT molecular complexity index is 1320. The lowest BCUT2D eigenvalue weighted by molar-refractivity contribution is -0.727. The van der Waals surface area contributed by atoms with Crippen LogP contribution < -0.4 is 33.9 Å². The maximum absolute atomic E-state index is 2.51. The molecule has 2 aromatic heterocycles. The molecule has 0 aliphatic rings. The molecule has 0 unspecified atom stereocenters. The molecule has 2 rings (SSSR count). The lowest BCUT2D eigenvalue weighted by Gasteiger charge is -2.17. The normalized spacial score (nSPS) is 11.5. The quantitative estimate of drug-likeness (QED) is 0.0461. The molecular formula is C79H148Cl2N2. The molecule has 488 valence electrons. The van der Waals surface area contributed by atoms with E-state index in [9.17, 15) is 0 Å². The zero-order valence-corrected chi connectivity index (χ0v) is 58.5. The van der Waals surface area contributed by atoms with Gasteiger partial charge in [-0.05, 0) is 48.6 Å². The topological polar surface area (TPSA) is 7.76 Å². The van der Waals surface area contributed by atoms with Crippen molar-refractivity contribution in [2.45, 2.75) is 444 Å². The van der Waals surface area contributed by atoms with E-state index in [4.69, 9.17) is 0 Å². The molecule has 0 bridgehead atoms. The average Bonchev–Trinajstić information content (AvgIpc) is 3.50. The molecule has 0 atom stereocenters. The van der Waals surface area contributed by atoms with Crippen LogP contribution >= 0.6 is 0 Å². The van der Waals surface area contributed by atoms with Gasteiger partial charge in [0, 0.05) is 24.3 Å². The number of hydrogen-bond donors (Lipinski definition) is 0. The largest absolute Gasteiger partial charge is 1.00 e. The van der Waals surface area contributed by atoms with Crippen molar-refractivity contribution < 1.29 is 33.9 Å². The average molecular weight is 1200 g/mol. The molecule has 4 heteroatoms. The molecule has 0 amide bonds. The van der Waals surface area contributed by atoms with Crippen LogP contribution in [0.2, 0.25) is 0 Å². The summed E-state index contributed by atoms with van der Waals surface area (Å²) >= 11 is 0. The molecule has 2 aromatic rings. The predicted molar refractivity (Wildman–Crippen MR) is 363 cm³/mol. The van der Waals surface area contributed by atoms with Gasteiger partial charge in [-0.25, -0.2) is 9.13 Å². The van der Waals surface area contributed by atoms with E-state index >= 15 is 0 Å². The molecule has 2 nitrogen and oxygen atoms in total.